The molecule has 24 heavy (non-hydrogen) atoms. The quantitative estimate of drug-likeness (QED) is 0.780. The number of benzene rings is 2. The van der Waals surface area contributed by atoms with Crippen molar-refractivity contribution in [2.75, 3.05) is 28.4 Å². The third kappa shape index (κ3) is 5.12. The fourth-order valence-corrected chi connectivity index (χ4v) is 1.74. The Labute approximate surface area is 138 Å². The third-order valence-corrected chi connectivity index (χ3v) is 2.95. The van der Waals surface area contributed by atoms with Gasteiger partial charge in [-0.2, -0.15) is 0 Å². The molecule has 0 unspecified atom stereocenters. The molecule has 0 aliphatic rings. The number of aldehydes is 1. The average molecular weight is 340 g/mol. The zero-order valence-corrected chi connectivity index (χ0v) is 13.8. The van der Waals surface area contributed by atoms with Crippen molar-refractivity contribution in [1.82, 2.24) is 0 Å². The largest absolute Gasteiger partial charge is 0.497 e. The smallest absolute Gasteiger partial charge is 0.156 e. The number of carbonyl (C=O) groups excluding carboxylic acids is 1. The molecule has 7 heteroatoms. The maximum absolute atomic E-state index is 13.1. The Balaban J connectivity index is 0.000000243. The molecule has 0 bridgehead atoms. The van der Waals surface area contributed by atoms with E-state index in [2.05, 4.69) is 0 Å². The number of rotatable bonds is 5. The molecule has 0 saturated carbocycles. The zero-order chi connectivity index (χ0) is 18.1. The minimum atomic E-state index is -0.647. The normalized spacial score (nSPS) is 9.42. The molecule has 0 aliphatic heterocycles. The molecule has 0 atom stereocenters. The van der Waals surface area contributed by atoms with Crippen molar-refractivity contribution in [2.24, 2.45) is 0 Å². The number of halogens is 2. The molecule has 5 nitrogen and oxygen atoms in total. The first-order valence-corrected chi connectivity index (χ1v) is 6.74. The fraction of sp³-hybridized carbons (Fsp3) is 0.235. The Morgan fingerprint density at radius 1 is 0.750 bits per heavy atom. The lowest BCUT2D eigenvalue weighted by molar-refractivity contribution is 0.111. The minimum Gasteiger partial charge on any atom is -0.497 e. The van der Waals surface area contributed by atoms with E-state index in [4.69, 9.17) is 18.9 Å². The zero-order valence-electron chi connectivity index (χ0n) is 13.8. The number of hydrogen-bond acceptors (Lipinski definition) is 5. The van der Waals surface area contributed by atoms with Crippen molar-refractivity contribution in [2.45, 2.75) is 0 Å². The number of carbonyl (C=O) groups is 1. The second-order valence-electron chi connectivity index (χ2n) is 4.37. The van der Waals surface area contributed by atoms with Gasteiger partial charge >= 0.3 is 0 Å². The molecule has 0 fully saturated rings. The van der Waals surface area contributed by atoms with Gasteiger partial charge in [-0.05, 0) is 0 Å². The maximum atomic E-state index is 13.1. The summed E-state index contributed by atoms with van der Waals surface area (Å²) < 4.78 is 45.0. The van der Waals surface area contributed by atoms with Gasteiger partial charge < -0.3 is 18.9 Å². The van der Waals surface area contributed by atoms with Gasteiger partial charge in [-0.25, -0.2) is 8.78 Å². The van der Waals surface area contributed by atoms with Gasteiger partial charge in [0.2, 0.25) is 0 Å². The van der Waals surface area contributed by atoms with Crippen molar-refractivity contribution in [3.05, 3.63) is 47.5 Å². The molecule has 0 spiro atoms. The molecular formula is C17H18F2O5. The Kier molecular flexibility index (Phi) is 7.48. The molecule has 0 radical (unpaired) electrons. The van der Waals surface area contributed by atoms with E-state index in [0.717, 1.165) is 6.07 Å². The topological polar surface area (TPSA) is 54.0 Å². The molecule has 0 heterocycles. The van der Waals surface area contributed by atoms with E-state index in [9.17, 15) is 13.6 Å². The summed E-state index contributed by atoms with van der Waals surface area (Å²) in [7, 11) is 5.73. The highest BCUT2D eigenvalue weighted by Crippen LogP contribution is 2.26. The predicted octanol–water partition coefficient (Wildman–Crippen LogP) is 3.50. The van der Waals surface area contributed by atoms with Gasteiger partial charge in [0.1, 0.15) is 34.6 Å². The van der Waals surface area contributed by atoms with Crippen molar-refractivity contribution < 1.29 is 32.5 Å². The Morgan fingerprint density at radius 3 is 1.67 bits per heavy atom. The van der Waals surface area contributed by atoms with Gasteiger partial charge in [0.25, 0.3) is 0 Å². The van der Waals surface area contributed by atoms with Gasteiger partial charge in [-0.15, -0.1) is 0 Å². The summed E-state index contributed by atoms with van der Waals surface area (Å²) in [5, 5.41) is 0. The van der Waals surface area contributed by atoms with Crippen LogP contribution >= 0.6 is 0 Å². The second kappa shape index (κ2) is 9.34. The van der Waals surface area contributed by atoms with Crippen LogP contribution in [0.4, 0.5) is 8.78 Å². The van der Waals surface area contributed by atoms with E-state index in [-0.39, 0.29) is 17.1 Å². The van der Waals surface area contributed by atoms with E-state index in [1.54, 1.807) is 6.07 Å². The summed E-state index contributed by atoms with van der Waals surface area (Å²) in [6.07, 6.45) is 0.410. The van der Waals surface area contributed by atoms with Crippen LogP contribution in [0, 0.1) is 11.6 Å². The highest BCUT2D eigenvalue weighted by molar-refractivity contribution is 5.80. The van der Waals surface area contributed by atoms with Crippen LogP contribution in [0.5, 0.6) is 23.0 Å². The lowest BCUT2D eigenvalue weighted by atomic mass is 10.2. The van der Waals surface area contributed by atoms with E-state index < -0.39 is 5.82 Å². The molecule has 0 aromatic heterocycles. The SMILES string of the molecule is COc1cc(F)c(C=O)c(OC)c1.COc1cc(F)cc(OC)c1. The van der Waals surface area contributed by atoms with E-state index in [1.165, 1.54) is 46.6 Å². The Bertz CT molecular complexity index is 667. The fourth-order valence-electron chi connectivity index (χ4n) is 1.74. The van der Waals surface area contributed by atoms with Gasteiger partial charge in [-0.3, -0.25) is 4.79 Å². The van der Waals surface area contributed by atoms with Crippen LogP contribution in [-0.2, 0) is 0 Å². The van der Waals surface area contributed by atoms with Crippen LogP contribution < -0.4 is 18.9 Å². The molecule has 2 rings (SSSR count). The summed E-state index contributed by atoms with van der Waals surface area (Å²) in [6.45, 7) is 0. The average Bonchev–Trinajstić information content (AvgIpc) is 2.60. The summed E-state index contributed by atoms with van der Waals surface area (Å²) >= 11 is 0. The van der Waals surface area contributed by atoms with Crippen LogP contribution in [0.3, 0.4) is 0 Å². The highest BCUT2D eigenvalue weighted by atomic mass is 19.1. The number of hydrogen-bond donors (Lipinski definition) is 0. The van der Waals surface area contributed by atoms with Crippen LogP contribution in [0.25, 0.3) is 0 Å². The summed E-state index contributed by atoms with van der Waals surface area (Å²) in [5.41, 5.74) is -0.0942. The first kappa shape index (κ1) is 19.2. The standard InChI is InChI=1S/C9H9FO3.C8H9FO2/c1-12-6-3-8(10)7(5-11)9(4-6)13-2;1-10-7-3-6(9)4-8(5-7)11-2/h3-5H,1-2H3;3-5H,1-2H3. The molecule has 130 valence electrons. The number of ether oxygens (including phenoxy) is 4. The van der Waals surface area contributed by atoms with Crippen LogP contribution in [0.2, 0.25) is 0 Å². The van der Waals surface area contributed by atoms with Crippen molar-refractivity contribution in [3.63, 3.8) is 0 Å². The van der Waals surface area contributed by atoms with Gasteiger partial charge in [0, 0.05) is 30.3 Å². The third-order valence-electron chi connectivity index (χ3n) is 2.95. The first-order valence-electron chi connectivity index (χ1n) is 6.74. The Hall–Kier alpha value is -2.83. The maximum Gasteiger partial charge on any atom is 0.156 e. The molecule has 0 aliphatic carbocycles. The molecule has 0 amide bonds. The minimum absolute atomic E-state index is 0.0942. The molecule has 0 N–H and O–H groups in total. The molecule has 0 saturated heterocycles. The van der Waals surface area contributed by atoms with E-state index >= 15 is 0 Å². The van der Waals surface area contributed by atoms with Gasteiger partial charge in [0.15, 0.2) is 6.29 Å². The van der Waals surface area contributed by atoms with Crippen LogP contribution in [0.1, 0.15) is 10.4 Å². The van der Waals surface area contributed by atoms with E-state index in [0.29, 0.717) is 23.5 Å². The molecule has 2 aromatic carbocycles. The van der Waals surface area contributed by atoms with Gasteiger partial charge in [-0.1, -0.05) is 0 Å². The van der Waals surface area contributed by atoms with Crippen LogP contribution in [-0.4, -0.2) is 34.7 Å². The van der Waals surface area contributed by atoms with E-state index in [1.807, 2.05) is 0 Å². The summed E-state index contributed by atoms with van der Waals surface area (Å²) in [6, 6.07) is 6.78. The predicted molar refractivity (Wildman–Crippen MR) is 84.4 cm³/mol. The lowest BCUT2D eigenvalue weighted by Crippen LogP contribution is -1.96. The molecular weight excluding hydrogens is 322 g/mol. The van der Waals surface area contributed by atoms with Gasteiger partial charge in [0.05, 0.1) is 34.0 Å². The second-order valence-corrected chi connectivity index (χ2v) is 4.37. The number of methoxy groups -OCH3 is 4. The monoisotopic (exact) mass is 340 g/mol. The van der Waals surface area contributed by atoms with Crippen LogP contribution in [0.15, 0.2) is 30.3 Å². The summed E-state index contributed by atoms with van der Waals surface area (Å²) in [5.74, 6) is 0.405. The summed E-state index contributed by atoms with van der Waals surface area (Å²) in [4.78, 5) is 10.4. The van der Waals surface area contributed by atoms with Crippen molar-refractivity contribution in [1.29, 1.82) is 0 Å². The molecule has 2 aromatic rings. The lowest BCUT2D eigenvalue weighted by Gasteiger charge is -2.06. The van der Waals surface area contributed by atoms with Crippen molar-refractivity contribution in [3.8, 4) is 23.0 Å². The first-order chi connectivity index (χ1) is 11.5. The Morgan fingerprint density at radius 2 is 1.25 bits per heavy atom. The van der Waals surface area contributed by atoms with Crippen molar-refractivity contribution >= 4 is 6.29 Å². The highest BCUT2D eigenvalue weighted by Gasteiger charge is 2.10.